The number of rotatable bonds is 3. The fourth-order valence-electron chi connectivity index (χ4n) is 1.94. The van der Waals surface area contributed by atoms with E-state index in [0.29, 0.717) is 11.8 Å². The zero-order valence-corrected chi connectivity index (χ0v) is 10.9. The molecule has 1 N–H and O–H groups in total. The molecule has 0 amide bonds. The summed E-state index contributed by atoms with van der Waals surface area (Å²) in [5.41, 5.74) is 1.01. The van der Waals surface area contributed by atoms with E-state index in [9.17, 15) is 0 Å². The van der Waals surface area contributed by atoms with Crippen LogP contribution in [0.15, 0.2) is 39.4 Å². The van der Waals surface area contributed by atoms with Crippen molar-refractivity contribution in [3.05, 3.63) is 40.7 Å². The van der Waals surface area contributed by atoms with E-state index in [-0.39, 0.29) is 0 Å². The smallest absolute Gasteiger partial charge is 0.227 e. The number of aromatic nitrogens is 1. The lowest BCUT2D eigenvalue weighted by Gasteiger charge is -2.25. The first-order chi connectivity index (χ1) is 8.33. The number of hydrogen-bond acceptors (Lipinski definition) is 3. The van der Waals surface area contributed by atoms with Gasteiger partial charge in [-0.3, -0.25) is 0 Å². The van der Waals surface area contributed by atoms with Gasteiger partial charge in [-0.1, -0.05) is 12.1 Å². The quantitative estimate of drug-likeness (QED) is 0.945. The molecular formula is C13H13BrN2O. The van der Waals surface area contributed by atoms with Gasteiger partial charge in [0.1, 0.15) is 5.76 Å². The Morgan fingerprint density at radius 3 is 2.88 bits per heavy atom. The van der Waals surface area contributed by atoms with Crippen LogP contribution in [-0.4, -0.2) is 18.1 Å². The predicted molar refractivity (Wildman–Crippen MR) is 69.7 cm³/mol. The van der Waals surface area contributed by atoms with E-state index in [1.165, 1.54) is 0 Å². The summed E-state index contributed by atoms with van der Waals surface area (Å²) in [5.74, 6) is 2.37. The molecule has 17 heavy (non-hydrogen) atoms. The number of halogens is 1. The minimum Gasteiger partial charge on any atom is -0.441 e. The van der Waals surface area contributed by atoms with Crippen LogP contribution >= 0.6 is 15.9 Å². The summed E-state index contributed by atoms with van der Waals surface area (Å²) in [6.07, 6.45) is 2.82. The molecule has 1 aliphatic heterocycles. The van der Waals surface area contributed by atoms with Gasteiger partial charge in [0.05, 0.1) is 11.8 Å². The first-order valence-electron chi connectivity index (χ1n) is 5.73. The molecule has 1 aliphatic rings. The Bertz CT molecular complexity index is 520. The zero-order chi connectivity index (χ0) is 11.7. The molecule has 1 fully saturated rings. The van der Waals surface area contributed by atoms with E-state index in [1.54, 1.807) is 0 Å². The van der Waals surface area contributed by atoms with Gasteiger partial charge in [0.25, 0.3) is 0 Å². The number of benzene rings is 1. The summed E-state index contributed by atoms with van der Waals surface area (Å²) in [7, 11) is 0. The second-order valence-electron chi connectivity index (χ2n) is 4.34. The van der Waals surface area contributed by atoms with Crippen LogP contribution in [0.4, 0.5) is 0 Å². The average molecular weight is 293 g/mol. The van der Waals surface area contributed by atoms with Crippen LogP contribution in [-0.2, 0) is 6.42 Å². The predicted octanol–water partition coefficient (Wildman–Crippen LogP) is 2.87. The topological polar surface area (TPSA) is 38.1 Å². The third kappa shape index (κ3) is 2.28. The Hall–Kier alpha value is -1.13. The molecular weight excluding hydrogens is 280 g/mol. The molecule has 2 aromatic rings. The van der Waals surface area contributed by atoms with Crippen molar-refractivity contribution in [3.8, 4) is 11.5 Å². The van der Waals surface area contributed by atoms with Gasteiger partial charge in [0, 0.05) is 10.9 Å². The summed E-state index contributed by atoms with van der Waals surface area (Å²) in [6.45, 7) is 2.18. The molecule has 0 aliphatic carbocycles. The molecule has 2 heterocycles. The molecule has 0 radical (unpaired) electrons. The zero-order valence-electron chi connectivity index (χ0n) is 9.32. The van der Waals surface area contributed by atoms with Crippen LogP contribution in [0.25, 0.3) is 11.5 Å². The second-order valence-corrected chi connectivity index (χ2v) is 5.19. The lowest BCUT2D eigenvalue weighted by Crippen LogP contribution is -2.42. The van der Waals surface area contributed by atoms with E-state index in [1.807, 2.05) is 30.5 Å². The van der Waals surface area contributed by atoms with Gasteiger partial charge in [-0.15, -0.1) is 0 Å². The van der Waals surface area contributed by atoms with Crippen LogP contribution in [0.2, 0.25) is 0 Å². The van der Waals surface area contributed by atoms with E-state index >= 15 is 0 Å². The Labute approximate surface area is 108 Å². The maximum absolute atomic E-state index is 5.79. The number of nitrogens with zero attached hydrogens (tertiary/aromatic N) is 1. The summed E-state index contributed by atoms with van der Waals surface area (Å²) < 4.78 is 6.80. The van der Waals surface area contributed by atoms with Gasteiger partial charge in [-0.05, 0) is 47.1 Å². The van der Waals surface area contributed by atoms with Crippen LogP contribution in [0.1, 0.15) is 5.76 Å². The Kier molecular flexibility index (Phi) is 2.99. The molecule has 0 bridgehead atoms. The summed E-state index contributed by atoms with van der Waals surface area (Å²) >= 11 is 3.51. The molecule has 4 heteroatoms. The minimum atomic E-state index is 0.694. The average Bonchev–Trinajstić information content (AvgIpc) is 2.73. The van der Waals surface area contributed by atoms with Gasteiger partial charge in [-0.25, -0.2) is 4.98 Å². The summed E-state index contributed by atoms with van der Waals surface area (Å²) in [4.78, 5) is 4.34. The van der Waals surface area contributed by atoms with Crippen molar-refractivity contribution in [2.45, 2.75) is 6.42 Å². The number of hydrogen-bond donors (Lipinski definition) is 1. The summed E-state index contributed by atoms with van der Waals surface area (Å²) in [5, 5.41) is 3.26. The Morgan fingerprint density at radius 1 is 1.35 bits per heavy atom. The fourth-order valence-corrected chi connectivity index (χ4v) is 2.39. The van der Waals surface area contributed by atoms with Gasteiger partial charge in [-0.2, -0.15) is 0 Å². The van der Waals surface area contributed by atoms with Crippen molar-refractivity contribution in [3.63, 3.8) is 0 Å². The van der Waals surface area contributed by atoms with Crippen LogP contribution in [0.5, 0.6) is 0 Å². The molecule has 1 aromatic carbocycles. The van der Waals surface area contributed by atoms with Crippen molar-refractivity contribution in [2.24, 2.45) is 5.92 Å². The molecule has 1 saturated heterocycles. The highest BCUT2D eigenvalue weighted by atomic mass is 79.9. The molecule has 0 atom stereocenters. The molecule has 1 aromatic heterocycles. The van der Waals surface area contributed by atoms with E-state index < -0.39 is 0 Å². The highest BCUT2D eigenvalue weighted by molar-refractivity contribution is 9.10. The van der Waals surface area contributed by atoms with Gasteiger partial charge < -0.3 is 9.73 Å². The lowest BCUT2D eigenvalue weighted by atomic mass is 9.98. The van der Waals surface area contributed by atoms with Crippen LogP contribution < -0.4 is 5.32 Å². The Morgan fingerprint density at radius 2 is 2.18 bits per heavy atom. The molecule has 88 valence electrons. The largest absolute Gasteiger partial charge is 0.441 e. The highest BCUT2D eigenvalue weighted by Gasteiger charge is 2.19. The highest BCUT2D eigenvalue weighted by Crippen LogP contribution is 2.28. The van der Waals surface area contributed by atoms with Gasteiger partial charge >= 0.3 is 0 Å². The van der Waals surface area contributed by atoms with Crippen molar-refractivity contribution in [1.82, 2.24) is 10.3 Å². The first kappa shape index (κ1) is 11.0. The lowest BCUT2D eigenvalue weighted by molar-refractivity contribution is 0.324. The van der Waals surface area contributed by atoms with Crippen molar-refractivity contribution in [2.75, 3.05) is 13.1 Å². The standard InChI is InChI=1S/C13H13BrN2O/c14-12-4-2-1-3-11(12)13-16-8-10(17-13)5-9-6-15-7-9/h1-4,8-9,15H,5-7H2. The van der Waals surface area contributed by atoms with E-state index in [0.717, 1.165) is 35.3 Å². The van der Waals surface area contributed by atoms with Crippen molar-refractivity contribution < 1.29 is 4.42 Å². The van der Waals surface area contributed by atoms with E-state index in [2.05, 4.69) is 26.2 Å². The van der Waals surface area contributed by atoms with Crippen LogP contribution in [0, 0.1) is 5.92 Å². The van der Waals surface area contributed by atoms with Crippen LogP contribution in [0.3, 0.4) is 0 Å². The number of oxazole rings is 1. The first-order valence-corrected chi connectivity index (χ1v) is 6.52. The second kappa shape index (κ2) is 4.63. The molecule has 0 spiro atoms. The van der Waals surface area contributed by atoms with E-state index in [4.69, 9.17) is 4.42 Å². The maximum Gasteiger partial charge on any atom is 0.227 e. The third-order valence-electron chi connectivity index (χ3n) is 3.01. The summed E-state index contributed by atoms with van der Waals surface area (Å²) in [6, 6.07) is 7.97. The SMILES string of the molecule is Brc1ccccc1-c1ncc(CC2CNC2)o1. The van der Waals surface area contributed by atoms with Crippen molar-refractivity contribution in [1.29, 1.82) is 0 Å². The maximum atomic E-state index is 5.79. The van der Waals surface area contributed by atoms with Crippen molar-refractivity contribution >= 4 is 15.9 Å². The van der Waals surface area contributed by atoms with Gasteiger partial charge in [0.2, 0.25) is 5.89 Å². The fraction of sp³-hybridized carbons (Fsp3) is 0.308. The number of nitrogens with one attached hydrogen (secondary N) is 1. The van der Waals surface area contributed by atoms with Gasteiger partial charge in [0.15, 0.2) is 0 Å². The molecule has 0 saturated carbocycles. The Balaban J connectivity index is 1.82. The minimum absolute atomic E-state index is 0.694. The third-order valence-corrected chi connectivity index (χ3v) is 3.71. The molecule has 3 rings (SSSR count). The monoisotopic (exact) mass is 292 g/mol. The molecule has 3 nitrogen and oxygen atoms in total. The molecule has 0 unspecified atom stereocenters. The normalized spacial score (nSPS) is 15.8.